The van der Waals surface area contributed by atoms with Gasteiger partial charge in [0.2, 0.25) is 0 Å². The lowest BCUT2D eigenvalue weighted by atomic mass is 10.3. The Kier molecular flexibility index (Phi) is 6.65. The van der Waals surface area contributed by atoms with Gasteiger partial charge in [0.1, 0.15) is 12.4 Å². The molecule has 0 unspecified atom stereocenters. The second kappa shape index (κ2) is 8.01. The number of hydrogen-bond donors (Lipinski definition) is 1. The second-order valence-electron chi connectivity index (χ2n) is 3.95. The van der Waals surface area contributed by atoms with Crippen molar-refractivity contribution in [1.82, 2.24) is 5.32 Å². The molecule has 0 saturated heterocycles. The molecule has 2 rings (SSSR count). The van der Waals surface area contributed by atoms with Gasteiger partial charge in [0.15, 0.2) is 0 Å². The fraction of sp³-hybridized carbons (Fsp3) is 0.231. The highest BCUT2D eigenvalue weighted by Crippen LogP contribution is 2.33. The Bertz CT molecular complexity index is 592. The fourth-order valence-electron chi connectivity index (χ4n) is 1.51. The molecule has 0 aliphatic heterocycles. The van der Waals surface area contributed by atoms with Gasteiger partial charge in [-0.25, -0.2) is 0 Å². The predicted octanol–water partition coefficient (Wildman–Crippen LogP) is 5.75. The number of nitrogens with one attached hydrogen (secondary N) is 1. The van der Waals surface area contributed by atoms with E-state index in [1.165, 1.54) is 4.88 Å². The Morgan fingerprint density at radius 2 is 1.95 bits per heavy atom. The number of hydrogen-bond acceptors (Lipinski definition) is 3. The van der Waals surface area contributed by atoms with Gasteiger partial charge in [-0.15, -0.1) is 11.3 Å². The average Bonchev–Trinajstić information content (AvgIpc) is 2.81. The van der Waals surface area contributed by atoms with Crippen LogP contribution in [0.1, 0.15) is 4.88 Å². The normalized spacial score (nSPS) is 10.8. The Hall–Kier alpha value is 0.220. The van der Waals surface area contributed by atoms with E-state index < -0.39 is 0 Å². The molecule has 0 aliphatic carbocycles. The minimum atomic E-state index is 0.532. The van der Waals surface area contributed by atoms with Crippen molar-refractivity contribution in [3.63, 3.8) is 0 Å². The largest absolute Gasteiger partial charge is 0.491 e. The number of halogens is 4. The quantitative estimate of drug-likeness (QED) is 0.438. The Morgan fingerprint density at radius 1 is 1.15 bits per heavy atom. The van der Waals surface area contributed by atoms with Crippen molar-refractivity contribution in [3.8, 4) is 5.75 Å². The molecule has 1 aromatic heterocycles. The monoisotopic (exact) mass is 457 g/mol. The number of rotatable bonds is 6. The van der Waals surface area contributed by atoms with Crippen molar-refractivity contribution in [2.75, 3.05) is 13.2 Å². The highest BCUT2D eigenvalue weighted by molar-refractivity contribution is 9.10. The Balaban J connectivity index is 1.75. The van der Waals surface area contributed by atoms with Crippen molar-refractivity contribution in [1.29, 1.82) is 0 Å². The maximum absolute atomic E-state index is 6.08. The van der Waals surface area contributed by atoms with Crippen LogP contribution in [0.4, 0.5) is 0 Å². The average molecular weight is 460 g/mol. The van der Waals surface area contributed by atoms with Crippen LogP contribution in [0.2, 0.25) is 10.0 Å². The van der Waals surface area contributed by atoms with Crippen molar-refractivity contribution >= 4 is 66.4 Å². The fourth-order valence-corrected chi connectivity index (χ4v) is 3.77. The summed E-state index contributed by atoms with van der Waals surface area (Å²) in [6, 6.07) is 5.55. The van der Waals surface area contributed by atoms with Crippen molar-refractivity contribution in [3.05, 3.63) is 47.4 Å². The summed E-state index contributed by atoms with van der Waals surface area (Å²) in [5.41, 5.74) is 0. The molecule has 0 saturated carbocycles. The van der Waals surface area contributed by atoms with Gasteiger partial charge in [-0.3, -0.25) is 0 Å². The Morgan fingerprint density at radius 3 is 2.65 bits per heavy atom. The van der Waals surface area contributed by atoms with E-state index in [-0.39, 0.29) is 0 Å². The van der Waals surface area contributed by atoms with Crippen LogP contribution in [0.5, 0.6) is 5.75 Å². The lowest BCUT2D eigenvalue weighted by molar-refractivity contribution is 0.314. The van der Waals surface area contributed by atoms with Crippen molar-refractivity contribution in [2.24, 2.45) is 0 Å². The van der Waals surface area contributed by atoms with Crippen LogP contribution in [0, 0.1) is 0 Å². The van der Waals surface area contributed by atoms with E-state index in [9.17, 15) is 0 Å². The van der Waals surface area contributed by atoms with Crippen LogP contribution in [0.15, 0.2) is 32.5 Å². The van der Waals surface area contributed by atoms with Crippen LogP contribution in [0.3, 0.4) is 0 Å². The third-order valence-corrected chi connectivity index (χ3v) is 5.62. The predicted molar refractivity (Wildman–Crippen MR) is 93.4 cm³/mol. The molecule has 7 heteroatoms. The van der Waals surface area contributed by atoms with Gasteiger partial charge in [0.25, 0.3) is 0 Å². The van der Waals surface area contributed by atoms with Crippen LogP contribution in [-0.4, -0.2) is 13.2 Å². The molecule has 0 spiro atoms. The highest BCUT2D eigenvalue weighted by atomic mass is 79.9. The summed E-state index contributed by atoms with van der Waals surface area (Å²) in [6.45, 7) is 2.10. The zero-order chi connectivity index (χ0) is 14.5. The zero-order valence-electron chi connectivity index (χ0n) is 10.3. The molecule has 0 atom stereocenters. The second-order valence-corrected chi connectivity index (χ2v) is 7.53. The summed E-state index contributed by atoms with van der Waals surface area (Å²) in [4.78, 5) is 1.28. The van der Waals surface area contributed by atoms with E-state index in [0.717, 1.165) is 22.0 Å². The van der Waals surface area contributed by atoms with Crippen molar-refractivity contribution < 1.29 is 4.74 Å². The van der Waals surface area contributed by atoms with E-state index in [4.69, 9.17) is 27.9 Å². The smallest absolute Gasteiger partial charge is 0.139 e. The SMILES string of the molecule is Clc1cc(OCCNCc2cc(Br)cs2)c(Cl)cc1Br. The molecule has 0 fully saturated rings. The highest BCUT2D eigenvalue weighted by Gasteiger charge is 2.06. The maximum Gasteiger partial charge on any atom is 0.139 e. The van der Waals surface area contributed by atoms with Crippen LogP contribution in [0.25, 0.3) is 0 Å². The van der Waals surface area contributed by atoms with Gasteiger partial charge in [-0.1, -0.05) is 23.2 Å². The lowest BCUT2D eigenvalue weighted by Crippen LogP contribution is -2.20. The summed E-state index contributed by atoms with van der Waals surface area (Å²) in [6.07, 6.45) is 0. The first-order valence-corrected chi connectivity index (χ1v) is 8.99. The van der Waals surface area contributed by atoms with Gasteiger partial charge >= 0.3 is 0 Å². The maximum atomic E-state index is 6.08. The molecule has 2 aromatic rings. The third-order valence-electron chi connectivity index (χ3n) is 2.43. The van der Waals surface area contributed by atoms with Gasteiger partial charge in [-0.05, 0) is 44.0 Å². The number of ether oxygens (including phenoxy) is 1. The molecule has 0 aliphatic rings. The summed E-state index contributed by atoms with van der Waals surface area (Å²) in [5, 5.41) is 6.51. The standard InChI is InChI=1S/C13H11Br2Cl2NOS/c14-8-3-9(20-7-8)6-18-1-2-19-13-5-11(16)10(15)4-12(13)17/h3-5,7,18H,1-2,6H2. The molecule has 0 bridgehead atoms. The summed E-state index contributed by atoms with van der Waals surface area (Å²) >= 11 is 20.5. The Labute approximate surface area is 148 Å². The summed E-state index contributed by atoms with van der Waals surface area (Å²) < 4.78 is 7.49. The molecule has 108 valence electrons. The lowest BCUT2D eigenvalue weighted by Gasteiger charge is -2.09. The minimum absolute atomic E-state index is 0.532. The van der Waals surface area contributed by atoms with Gasteiger partial charge in [-0.2, -0.15) is 0 Å². The molecule has 1 heterocycles. The molecule has 0 radical (unpaired) electrons. The topological polar surface area (TPSA) is 21.3 Å². The molecule has 2 nitrogen and oxygen atoms in total. The van der Waals surface area contributed by atoms with Crippen LogP contribution in [-0.2, 0) is 6.54 Å². The van der Waals surface area contributed by atoms with E-state index in [1.54, 1.807) is 23.5 Å². The molecular weight excluding hydrogens is 449 g/mol. The van der Waals surface area contributed by atoms with Gasteiger partial charge in [0.05, 0.1) is 10.0 Å². The van der Waals surface area contributed by atoms with Crippen LogP contribution >= 0.6 is 66.4 Å². The number of thiophene rings is 1. The first-order valence-electron chi connectivity index (χ1n) is 5.77. The zero-order valence-corrected chi connectivity index (χ0v) is 15.8. The molecule has 1 N–H and O–H groups in total. The van der Waals surface area contributed by atoms with E-state index in [0.29, 0.717) is 22.4 Å². The van der Waals surface area contributed by atoms with E-state index in [1.807, 2.05) is 0 Å². The summed E-state index contributed by atoms with van der Waals surface area (Å²) in [7, 11) is 0. The number of benzene rings is 1. The molecular formula is C13H11Br2Cl2NOS. The first-order chi connectivity index (χ1) is 9.56. The molecule has 0 amide bonds. The minimum Gasteiger partial charge on any atom is -0.491 e. The van der Waals surface area contributed by atoms with Crippen LogP contribution < -0.4 is 10.1 Å². The van der Waals surface area contributed by atoms with E-state index >= 15 is 0 Å². The van der Waals surface area contributed by atoms with E-state index in [2.05, 4.69) is 48.6 Å². The first kappa shape index (κ1) is 16.6. The molecule has 20 heavy (non-hydrogen) atoms. The van der Waals surface area contributed by atoms with Gasteiger partial charge in [0, 0.05) is 38.4 Å². The van der Waals surface area contributed by atoms with Gasteiger partial charge < -0.3 is 10.1 Å². The third kappa shape index (κ3) is 4.90. The summed E-state index contributed by atoms with van der Waals surface area (Å²) in [5.74, 6) is 0.598. The van der Waals surface area contributed by atoms with Crippen molar-refractivity contribution in [2.45, 2.75) is 6.54 Å². The molecule has 1 aromatic carbocycles.